The summed E-state index contributed by atoms with van der Waals surface area (Å²) in [5.74, 6) is -3.15. The highest BCUT2D eigenvalue weighted by Crippen LogP contribution is 2.52. The quantitative estimate of drug-likeness (QED) is 0.475. The second-order valence-corrected chi connectivity index (χ2v) is 6.98. The molecule has 1 aliphatic heterocycles. The number of imide groups is 1. The third-order valence-corrected chi connectivity index (χ3v) is 5.34. The normalized spacial score (nSPS) is 27.8. The summed E-state index contributed by atoms with van der Waals surface area (Å²) in [7, 11) is 0. The number of hydrogen-bond acceptors (Lipinski definition) is 5. The van der Waals surface area contributed by atoms with Crippen LogP contribution in [0.1, 0.15) is 6.42 Å². The molecule has 140 valence electrons. The minimum absolute atomic E-state index is 0.0685. The molecule has 4 atom stereocenters. The van der Waals surface area contributed by atoms with Crippen LogP contribution in [0.4, 0.5) is 10.1 Å². The van der Waals surface area contributed by atoms with E-state index in [9.17, 15) is 23.6 Å². The van der Waals surface area contributed by atoms with Crippen molar-refractivity contribution in [2.75, 3.05) is 18.5 Å². The van der Waals surface area contributed by atoms with Crippen LogP contribution in [-0.2, 0) is 23.9 Å². The van der Waals surface area contributed by atoms with Crippen molar-refractivity contribution in [3.63, 3.8) is 0 Å². The molecule has 0 aromatic heterocycles. The number of benzene rings is 1. The number of nitrogens with one attached hydrogen (secondary N) is 1. The first-order valence-corrected chi connectivity index (χ1v) is 8.68. The van der Waals surface area contributed by atoms with E-state index >= 15 is 0 Å². The number of carbonyl (C=O) groups is 4. The highest BCUT2D eigenvalue weighted by atomic mass is 19.1. The topological polar surface area (TPSA) is 92.8 Å². The lowest BCUT2D eigenvalue weighted by Crippen LogP contribution is -2.38. The number of carbonyl (C=O) groups excluding carboxylic acids is 4. The number of rotatable bonds is 5. The van der Waals surface area contributed by atoms with Crippen molar-refractivity contribution in [2.45, 2.75) is 6.42 Å². The molecule has 3 amide bonds. The summed E-state index contributed by atoms with van der Waals surface area (Å²) in [6.07, 6.45) is 4.76. The van der Waals surface area contributed by atoms with Crippen LogP contribution in [0.15, 0.2) is 36.4 Å². The van der Waals surface area contributed by atoms with Crippen LogP contribution >= 0.6 is 0 Å². The van der Waals surface area contributed by atoms with Crippen molar-refractivity contribution in [3.05, 3.63) is 42.2 Å². The number of allylic oxidation sites excluding steroid dienone is 2. The predicted molar refractivity (Wildman–Crippen MR) is 90.4 cm³/mol. The van der Waals surface area contributed by atoms with Gasteiger partial charge in [0.25, 0.3) is 5.91 Å². The van der Waals surface area contributed by atoms with Gasteiger partial charge in [-0.15, -0.1) is 0 Å². The monoisotopic (exact) mass is 372 g/mol. The van der Waals surface area contributed by atoms with Crippen molar-refractivity contribution in [2.24, 2.45) is 23.7 Å². The van der Waals surface area contributed by atoms with Gasteiger partial charge >= 0.3 is 5.97 Å². The molecule has 8 heteroatoms. The number of ether oxygens (including phenoxy) is 1. The SMILES string of the molecule is O=C(COC(=O)CN1C(=O)[C@@H]2[C@@H](C1=O)[C@H]1C=C[C@H]2C1)Nc1ccc(F)cc1. The van der Waals surface area contributed by atoms with Crippen LogP contribution in [0.2, 0.25) is 0 Å². The van der Waals surface area contributed by atoms with Gasteiger partial charge in [-0.3, -0.25) is 24.1 Å². The largest absolute Gasteiger partial charge is 0.454 e. The van der Waals surface area contributed by atoms with E-state index in [0.29, 0.717) is 5.69 Å². The average Bonchev–Trinajstić information content (AvgIpc) is 3.32. The molecule has 2 bridgehead atoms. The molecule has 7 nitrogen and oxygen atoms in total. The zero-order valence-electron chi connectivity index (χ0n) is 14.3. The summed E-state index contributed by atoms with van der Waals surface area (Å²) in [6.45, 7) is -1.06. The second kappa shape index (κ2) is 6.61. The Balaban J connectivity index is 1.28. The third kappa shape index (κ3) is 3.11. The van der Waals surface area contributed by atoms with E-state index in [1.165, 1.54) is 24.3 Å². The lowest BCUT2D eigenvalue weighted by Gasteiger charge is -2.16. The predicted octanol–water partition coefficient (Wildman–Crippen LogP) is 1.11. The minimum Gasteiger partial charge on any atom is -0.454 e. The Kier molecular flexibility index (Phi) is 4.25. The fourth-order valence-electron chi connectivity index (χ4n) is 4.17. The highest BCUT2D eigenvalue weighted by molar-refractivity contribution is 6.08. The zero-order valence-corrected chi connectivity index (χ0v) is 14.3. The first kappa shape index (κ1) is 17.4. The number of fused-ring (bicyclic) bond motifs is 5. The van der Waals surface area contributed by atoms with Crippen molar-refractivity contribution in [1.82, 2.24) is 4.90 Å². The molecular weight excluding hydrogens is 355 g/mol. The lowest BCUT2D eigenvalue weighted by molar-refractivity contribution is -0.154. The van der Waals surface area contributed by atoms with Crippen LogP contribution in [-0.4, -0.2) is 41.7 Å². The third-order valence-electron chi connectivity index (χ3n) is 5.34. The number of halogens is 1. The Morgan fingerprint density at radius 2 is 1.67 bits per heavy atom. The minimum atomic E-state index is -0.828. The van der Waals surface area contributed by atoms with E-state index in [4.69, 9.17) is 4.74 Å². The Bertz CT molecular complexity index is 820. The number of nitrogens with zero attached hydrogens (tertiary/aromatic N) is 1. The Hall–Kier alpha value is -3.03. The maximum absolute atomic E-state index is 12.8. The first-order valence-electron chi connectivity index (χ1n) is 8.68. The van der Waals surface area contributed by atoms with E-state index in [1.807, 2.05) is 12.2 Å². The molecule has 4 rings (SSSR count). The fraction of sp³-hybridized carbons (Fsp3) is 0.368. The van der Waals surface area contributed by atoms with E-state index in [0.717, 1.165) is 11.3 Å². The summed E-state index contributed by atoms with van der Waals surface area (Å²) in [6, 6.07) is 5.12. The van der Waals surface area contributed by atoms with Gasteiger partial charge in [-0.2, -0.15) is 0 Å². The van der Waals surface area contributed by atoms with Crippen LogP contribution in [0.5, 0.6) is 0 Å². The number of hydrogen-bond donors (Lipinski definition) is 1. The number of likely N-dealkylation sites (tertiary alicyclic amines) is 1. The molecular formula is C19H17FN2O5. The standard InChI is InChI=1S/C19H17FN2O5/c20-12-3-5-13(6-4-12)21-14(23)9-27-15(24)8-22-18(25)16-10-1-2-11(7-10)17(16)19(22)26/h1-6,10-11,16-17H,7-9H2,(H,21,23)/t10-,11-,16-,17-/m0/s1. The van der Waals surface area contributed by atoms with Gasteiger partial charge in [-0.25, -0.2) is 4.39 Å². The van der Waals surface area contributed by atoms with Gasteiger partial charge in [0.15, 0.2) is 6.61 Å². The number of anilines is 1. The molecule has 1 saturated heterocycles. The van der Waals surface area contributed by atoms with Gasteiger partial charge in [-0.1, -0.05) is 12.2 Å². The van der Waals surface area contributed by atoms with Crippen LogP contribution in [0, 0.1) is 29.5 Å². The Morgan fingerprint density at radius 3 is 2.26 bits per heavy atom. The molecule has 1 aromatic carbocycles. The molecule has 0 unspecified atom stereocenters. The molecule has 3 aliphatic rings. The smallest absolute Gasteiger partial charge is 0.326 e. The molecule has 2 aliphatic carbocycles. The molecule has 0 radical (unpaired) electrons. The molecule has 0 spiro atoms. The zero-order chi connectivity index (χ0) is 19.1. The molecule has 1 saturated carbocycles. The van der Waals surface area contributed by atoms with Crippen molar-refractivity contribution < 1.29 is 28.3 Å². The van der Waals surface area contributed by atoms with Crippen LogP contribution in [0.3, 0.4) is 0 Å². The summed E-state index contributed by atoms with van der Waals surface area (Å²) in [5.41, 5.74) is 0.359. The van der Waals surface area contributed by atoms with Gasteiger partial charge in [0.1, 0.15) is 12.4 Å². The average molecular weight is 372 g/mol. The van der Waals surface area contributed by atoms with Crippen molar-refractivity contribution >= 4 is 29.4 Å². The molecule has 1 heterocycles. The molecule has 1 aromatic rings. The maximum atomic E-state index is 12.8. The van der Waals surface area contributed by atoms with Crippen molar-refractivity contribution in [3.8, 4) is 0 Å². The summed E-state index contributed by atoms with van der Waals surface area (Å²) in [5, 5.41) is 2.45. The first-order chi connectivity index (χ1) is 12.9. The highest BCUT2D eigenvalue weighted by Gasteiger charge is 2.59. The summed E-state index contributed by atoms with van der Waals surface area (Å²) < 4.78 is 17.7. The van der Waals surface area contributed by atoms with E-state index in [2.05, 4.69) is 5.32 Å². The number of esters is 1. The maximum Gasteiger partial charge on any atom is 0.326 e. The van der Waals surface area contributed by atoms with Crippen LogP contribution < -0.4 is 5.32 Å². The van der Waals surface area contributed by atoms with Crippen molar-refractivity contribution in [1.29, 1.82) is 0 Å². The van der Waals surface area contributed by atoms with Gasteiger partial charge in [0.05, 0.1) is 11.8 Å². The molecule has 1 N–H and O–H groups in total. The molecule has 27 heavy (non-hydrogen) atoms. The van der Waals surface area contributed by atoms with Gasteiger partial charge in [-0.05, 0) is 42.5 Å². The van der Waals surface area contributed by atoms with Crippen LogP contribution in [0.25, 0.3) is 0 Å². The van der Waals surface area contributed by atoms with Gasteiger partial charge in [0, 0.05) is 5.69 Å². The lowest BCUT2D eigenvalue weighted by atomic mass is 9.85. The van der Waals surface area contributed by atoms with E-state index < -0.39 is 30.8 Å². The summed E-state index contributed by atoms with van der Waals surface area (Å²) >= 11 is 0. The fourth-order valence-corrected chi connectivity index (χ4v) is 4.17. The van der Waals surface area contributed by atoms with E-state index in [-0.39, 0.29) is 35.5 Å². The molecule has 2 fully saturated rings. The Labute approximate surface area is 154 Å². The van der Waals surface area contributed by atoms with Gasteiger partial charge < -0.3 is 10.1 Å². The Morgan fingerprint density at radius 1 is 1.07 bits per heavy atom. The second-order valence-electron chi connectivity index (χ2n) is 6.98. The summed E-state index contributed by atoms with van der Waals surface area (Å²) in [4.78, 5) is 49.7. The van der Waals surface area contributed by atoms with E-state index in [1.54, 1.807) is 0 Å². The number of amides is 3. The van der Waals surface area contributed by atoms with Gasteiger partial charge in [0.2, 0.25) is 11.8 Å².